The van der Waals surface area contributed by atoms with E-state index in [9.17, 15) is 23.1 Å². The maximum atomic E-state index is 12.5. The van der Waals surface area contributed by atoms with Crippen molar-refractivity contribution in [2.45, 2.75) is 31.0 Å². The number of hydrogen-bond acceptors (Lipinski definition) is 4. The Balaban J connectivity index is 1.68. The van der Waals surface area contributed by atoms with Gasteiger partial charge < -0.3 is 10.4 Å². The topological polar surface area (TPSA) is 62.2 Å². The van der Waals surface area contributed by atoms with Gasteiger partial charge in [0.15, 0.2) is 0 Å². The van der Waals surface area contributed by atoms with Gasteiger partial charge in [-0.1, -0.05) is 0 Å². The molecule has 24 heavy (non-hydrogen) atoms. The zero-order valence-electron chi connectivity index (χ0n) is 12.6. The van der Waals surface area contributed by atoms with Crippen LogP contribution < -0.4 is 5.32 Å². The quantitative estimate of drug-likeness (QED) is 0.888. The van der Waals surface area contributed by atoms with E-state index in [1.807, 2.05) is 11.4 Å². The van der Waals surface area contributed by atoms with Crippen LogP contribution >= 0.6 is 11.3 Å². The average molecular weight is 356 g/mol. The summed E-state index contributed by atoms with van der Waals surface area (Å²) in [5, 5.41) is 15.3. The van der Waals surface area contributed by atoms with Gasteiger partial charge in [-0.15, -0.1) is 11.3 Å². The second kappa shape index (κ2) is 6.18. The van der Waals surface area contributed by atoms with E-state index in [4.69, 9.17) is 0 Å². The summed E-state index contributed by atoms with van der Waals surface area (Å²) in [6.45, 7) is 0.0105. The number of nitrogens with one attached hydrogen (secondary N) is 1. The SMILES string of the molecule is O=C(NCC1(O)CCCc2sccc21)c1ccc(C(F)(F)F)nc1. The highest BCUT2D eigenvalue weighted by molar-refractivity contribution is 7.10. The van der Waals surface area contributed by atoms with E-state index in [1.165, 1.54) is 0 Å². The summed E-state index contributed by atoms with van der Waals surface area (Å²) in [7, 11) is 0. The molecule has 1 atom stereocenters. The first-order valence-corrected chi connectivity index (χ1v) is 8.28. The van der Waals surface area contributed by atoms with Crippen LogP contribution in [0.3, 0.4) is 0 Å². The fourth-order valence-corrected chi connectivity index (χ4v) is 3.85. The summed E-state index contributed by atoms with van der Waals surface area (Å²) >= 11 is 1.57. The molecule has 8 heteroatoms. The third-order valence-electron chi connectivity index (χ3n) is 4.10. The summed E-state index contributed by atoms with van der Waals surface area (Å²) in [5.74, 6) is -0.563. The molecule has 1 unspecified atom stereocenters. The van der Waals surface area contributed by atoms with Gasteiger partial charge in [0.05, 0.1) is 12.1 Å². The number of hydrogen-bond donors (Lipinski definition) is 2. The van der Waals surface area contributed by atoms with Gasteiger partial charge in [-0.25, -0.2) is 0 Å². The molecule has 2 aromatic rings. The number of carbonyl (C=O) groups is 1. The number of fused-ring (bicyclic) bond motifs is 1. The number of nitrogens with zero attached hydrogens (tertiary/aromatic N) is 1. The van der Waals surface area contributed by atoms with Crippen LogP contribution in [0, 0.1) is 0 Å². The van der Waals surface area contributed by atoms with E-state index >= 15 is 0 Å². The lowest BCUT2D eigenvalue weighted by atomic mass is 9.83. The molecule has 1 aliphatic carbocycles. The summed E-state index contributed by atoms with van der Waals surface area (Å²) in [4.78, 5) is 16.5. The van der Waals surface area contributed by atoms with Crippen LogP contribution in [0.25, 0.3) is 0 Å². The molecular weight excluding hydrogens is 341 g/mol. The lowest BCUT2D eigenvalue weighted by Gasteiger charge is -2.32. The fourth-order valence-electron chi connectivity index (χ4n) is 2.83. The van der Waals surface area contributed by atoms with Crippen molar-refractivity contribution >= 4 is 17.2 Å². The van der Waals surface area contributed by atoms with Crippen molar-refractivity contribution in [3.05, 3.63) is 51.5 Å². The number of halogens is 3. The molecule has 1 aliphatic rings. The Labute approximate surface area is 140 Å². The standard InChI is InChI=1S/C16H15F3N2O2S/c17-16(18,19)13-4-3-10(8-20-13)14(22)21-9-15(23)6-1-2-12-11(15)5-7-24-12/h3-5,7-8,23H,1-2,6,9H2,(H,21,22). The highest BCUT2D eigenvalue weighted by Crippen LogP contribution is 2.37. The molecule has 2 aromatic heterocycles. The van der Waals surface area contributed by atoms with Gasteiger partial charge in [0.25, 0.3) is 5.91 Å². The first-order valence-electron chi connectivity index (χ1n) is 7.40. The van der Waals surface area contributed by atoms with Crippen LogP contribution in [0.5, 0.6) is 0 Å². The first kappa shape index (κ1) is 16.9. The second-order valence-electron chi connectivity index (χ2n) is 5.76. The number of rotatable bonds is 3. The van der Waals surface area contributed by atoms with Crippen molar-refractivity contribution in [1.82, 2.24) is 10.3 Å². The Morgan fingerprint density at radius 1 is 1.38 bits per heavy atom. The van der Waals surface area contributed by atoms with Gasteiger partial charge in [0.2, 0.25) is 0 Å². The van der Waals surface area contributed by atoms with Crippen LogP contribution in [0.15, 0.2) is 29.8 Å². The third kappa shape index (κ3) is 3.29. The predicted molar refractivity (Wildman–Crippen MR) is 82.7 cm³/mol. The lowest BCUT2D eigenvalue weighted by Crippen LogP contribution is -2.42. The highest BCUT2D eigenvalue weighted by atomic mass is 32.1. The van der Waals surface area contributed by atoms with Crippen molar-refractivity contribution in [3.8, 4) is 0 Å². The molecule has 2 N–H and O–H groups in total. The molecule has 0 saturated heterocycles. The third-order valence-corrected chi connectivity index (χ3v) is 5.08. The van der Waals surface area contributed by atoms with Gasteiger partial charge in [-0.05, 0) is 48.4 Å². The lowest BCUT2D eigenvalue weighted by molar-refractivity contribution is -0.141. The number of amides is 1. The van der Waals surface area contributed by atoms with Gasteiger partial charge >= 0.3 is 6.18 Å². The summed E-state index contributed by atoms with van der Waals surface area (Å²) in [5.41, 5.74) is -1.34. The van der Waals surface area contributed by atoms with Crippen LogP contribution in [0.2, 0.25) is 0 Å². The molecule has 0 saturated carbocycles. The van der Waals surface area contributed by atoms with E-state index < -0.39 is 23.4 Å². The van der Waals surface area contributed by atoms with E-state index in [1.54, 1.807) is 11.3 Å². The molecule has 4 nitrogen and oxygen atoms in total. The summed E-state index contributed by atoms with van der Waals surface area (Å²) < 4.78 is 37.4. The number of aliphatic hydroxyl groups is 1. The van der Waals surface area contributed by atoms with Gasteiger partial charge in [-0.2, -0.15) is 13.2 Å². The Morgan fingerprint density at radius 3 is 2.83 bits per heavy atom. The number of aryl methyl sites for hydroxylation is 1. The van der Waals surface area contributed by atoms with Crippen molar-refractivity contribution in [1.29, 1.82) is 0 Å². The monoisotopic (exact) mass is 356 g/mol. The van der Waals surface area contributed by atoms with E-state index in [2.05, 4.69) is 10.3 Å². The molecule has 128 valence electrons. The molecular formula is C16H15F3N2O2S. The molecule has 0 aliphatic heterocycles. The summed E-state index contributed by atoms with van der Waals surface area (Å²) in [6.07, 6.45) is -1.39. The van der Waals surface area contributed by atoms with E-state index in [-0.39, 0.29) is 12.1 Å². The molecule has 2 heterocycles. The Kier molecular flexibility index (Phi) is 4.35. The van der Waals surface area contributed by atoms with Crippen molar-refractivity contribution in [3.63, 3.8) is 0 Å². The zero-order valence-corrected chi connectivity index (χ0v) is 13.4. The largest absolute Gasteiger partial charge is 0.433 e. The number of carbonyl (C=O) groups excluding carboxylic acids is 1. The Bertz CT molecular complexity index is 743. The zero-order chi connectivity index (χ0) is 17.4. The van der Waals surface area contributed by atoms with Crippen LogP contribution in [0.4, 0.5) is 13.2 Å². The molecule has 0 fully saturated rings. The number of aromatic nitrogens is 1. The predicted octanol–water partition coefficient (Wildman–Crippen LogP) is 3.12. The van der Waals surface area contributed by atoms with Gasteiger partial charge in [0, 0.05) is 11.1 Å². The maximum absolute atomic E-state index is 12.5. The normalized spacial score (nSPS) is 20.5. The van der Waals surface area contributed by atoms with Gasteiger partial charge in [0.1, 0.15) is 11.3 Å². The number of thiophene rings is 1. The number of pyridine rings is 1. The number of alkyl halides is 3. The van der Waals surface area contributed by atoms with Gasteiger partial charge in [-0.3, -0.25) is 9.78 Å². The van der Waals surface area contributed by atoms with E-state index in [0.717, 1.165) is 41.6 Å². The highest BCUT2D eigenvalue weighted by Gasteiger charge is 2.36. The van der Waals surface area contributed by atoms with Crippen molar-refractivity contribution in [2.75, 3.05) is 6.54 Å². The van der Waals surface area contributed by atoms with Crippen molar-refractivity contribution in [2.24, 2.45) is 0 Å². The Morgan fingerprint density at radius 2 is 2.17 bits per heavy atom. The van der Waals surface area contributed by atoms with Crippen LogP contribution in [-0.2, 0) is 18.2 Å². The maximum Gasteiger partial charge on any atom is 0.433 e. The molecule has 0 bridgehead atoms. The van der Waals surface area contributed by atoms with Crippen LogP contribution in [0.1, 0.15) is 39.3 Å². The van der Waals surface area contributed by atoms with E-state index in [0.29, 0.717) is 6.42 Å². The molecule has 0 aromatic carbocycles. The minimum Gasteiger partial charge on any atom is -0.383 e. The Hall–Kier alpha value is -1.93. The minimum absolute atomic E-state index is 0.0105. The molecule has 3 rings (SSSR count). The first-order chi connectivity index (χ1) is 11.3. The smallest absolute Gasteiger partial charge is 0.383 e. The molecule has 0 radical (unpaired) electrons. The minimum atomic E-state index is -4.54. The molecule has 1 amide bonds. The molecule has 0 spiro atoms. The summed E-state index contributed by atoms with van der Waals surface area (Å²) in [6, 6.07) is 3.69. The van der Waals surface area contributed by atoms with Crippen molar-refractivity contribution < 1.29 is 23.1 Å². The second-order valence-corrected chi connectivity index (χ2v) is 6.76. The average Bonchev–Trinajstić information content (AvgIpc) is 3.02. The fraction of sp³-hybridized carbons (Fsp3) is 0.375. The van der Waals surface area contributed by atoms with Crippen LogP contribution in [-0.4, -0.2) is 22.5 Å².